The summed E-state index contributed by atoms with van der Waals surface area (Å²) in [4.78, 5) is 32.7. The van der Waals surface area contributed by atoms with Crippen molar-refractivity contribution >= 4 is 34.2 Å². The minimum absolute atomic E-state index is 0.195. The van der Waals surface area contributed by atoms with Crippen molar-refractivity contribution in [3.05, 3.63) is 115 Å². The normalized spacial score (nSPS) is 15.1. The molecule has 0 bridgehead atoms. The van der Waals surface area contributed by atoms with Crippen molar-refractivity contribution in [1.29, 1.82) is 0 Å². The number of hydrogen-bond donors (Lipinski definition) is 0. The molecule has 1 atom stereocenters. The maximum absolute atomic E-state index is 14.1. The van der Waals surface area contributed by atoms with E-state index in [1.165, 1.54) is 11.3 Å². The number of ether oxygens (including phenoxy) is 3. The van der Waals surface area contributed by atoms with Crippen LogP contribution in [0.5, 0.6) is 11.5 Å². The van der Waals surface area contributed by atoms with Crippen molar-refractivity contribution in [3.8, 4) is 11.5 Å². The first-order valence-corrected chi connectivity index (χ1v) is 13.4. The van der Waals surface area contributed by atoms with Crippen molar-refractivity contribution in [3.63, 3.8) is 0 Å². The Labute approximate surface area is 229 Å². The van der Waals surface area contributed by atoms with Gasteiger partial charge in [-0.1, -0.05) is 72.5 Å². The standard InChI is InChI=1S/C31H28N2O5S/c1-5-17-38-23-14-10-8-12-21(23)18-25-29(34)33-28(26(30(35)37-6-2)19(3)32-31(33)39-25)27-22-13-9-7-11-20(22)15-16-24(27)36-4/h5,7-16,18,28H,1,6,17H2,2-4H3/b25-18-/t28-/m1/s1. The number of aromatic nitrogens is 1. The molecule has 0 N–H and O–H groups in total. The highest BCUT2D eigenvalue weighted by Crippen LogP contribution is 2.40. The highest BCUT2D eigenvalue weighted by Gasteiger charge is 2.36. The fraction of sp³-hybridized carbons (Fsp3) is 0.194. The lowest BCUT2D eigenvalue weighted by atomic mass is 9.90. The van der Waals surface area contributed by atoms with Gasteiger partial charge in [-0.3, -0.25) is 9.36 Å². The summed E-state index contributed by atoms with van der Waals surface area (Å²) < 4.78 is 19.1. The predicted molar refractivity (Wildman–Crippen MR) is 153 cm³/mol. The number of carbonyl (C=O) groups is 1. The largest absolute Gasteiger partial charge is 0.496 e. The van der Waals surface area contributed by atoms with Crippen molar-refractivity contribution in [2.45, 2.75) is 19.9 Å². The Morgan fingerprint density at radius 2 is 1.87 bits per heavy atom. The van der Waals surface area contributed by atoms with Gasteiger partial charge in [0.1, 0.15) is 24.1 Å². The molecule has 2 heterocycles. The molecule has 1 aromatic heterocycles. The Kier molecular flexibility index (Phi) is 7.47. The Morgan fingerprint density at radius 1 is 1.10 bits per heavy atom. The zero-order chi connectivity index (χ0) is 27.5. The summed E-state index contributed by atoms with van der Waals surface area (Å²) in [6.45, 7) is 7.77. The minimum atomic E-state index is -0.796. The summed E-state index contributed by atoms with van der Waals surface area (Å²) in [5.74, 6) is 0.683. The van der Waals surface area contributed by atoms with E-state index in [1.807, 2.05) is 60.7 Å². The molecule has 4 aromatic rings. The summed E-state index contributed by atoms with van der Waals surface area (Å²) in [7, 11) is 1.58. The Bertz CT molecular complexity index is 1800. The smallest absolute Gasteiger partial charge is 0.338 e. The topological polar surface area (TPSA) is 79.1 Å². The first-order chi connectivity index (χ1) is 19.0. The van der Waals surface area contributed by atoms with E-state index in [-0.39, 0.29) is 12.2 Å². The Balaban J connectivity index is 1.81. The van der Waals surface area contributed by atoms with Crippen LogP contribution in [0.15, 0.2) is 94.4 Å². The third kappa shape index (κ3) is 4.79. The number of rotatable bonds is 8. The van der Waals surface area contributed by atoms with Crippen LogP contribution in [-0.2, 0) is 9.53 Å². The number of nitrogens with zero attached hydrogens (tertiary/aromatic N) is 2. The molecular formula is C31H28N2O5S. The lowest BCUT2D eigenvalue weighted by Crippen LogP contribution is -2.40. The van der Waals surface area contributed by atoms with Gasteiger partial charge in [-0.2, -0.15) is 0 Å². The van der Waals surface area contributed by atoms with Crippen LogP contribution in [-0.4, -0.2) is 30.9 Å². The summed E-state index contributed by atoms with van der Waals surface area (Å²) in [6, 6.07) is 18.3. The van der Waals surface area contributed by atoms with Gasteiger partial charge >= 0.3 is 5.97 Å². The molecule has 0 aliphatic carbocycles. The molecule has 0 radical (unpaired) electrons. The van der Waals surface area contributed by atoms with Gasteiger partial charge in [0.25, 0.3) is 5.56 Å². The van der Waals surface area contributed by atoms with E-state index in [9.17, 15) is 9.59 Å². The number of methoxy groups -OCH3 is 1. The zero-order valence-corrected chi connectivity index (χ0v) is 22.8. The van der Waals surface area contributed by atoms with E-state index < -0.39 is 12.0 Å². The molecule has 0 saturated heterocycles. The second-order valence-corrected chi connectivity index (χ2v) is 9.85. The molecule has 0 fully saturated rings. The van der Waals surface area contributed by atoms with E-state index in [2.05, 4.69) is 6.58 Å². The second-order valence-electron chi connectivity index (χ2n) is 8.84. The first-order valence-electron chi connectivity index (χ1n) is 12.6. The molecule has 0 spiro atoms. The number of allylic oxidation sites excluding steroid dienone is 1. The SMILES string of the molecule is C=CCOc1ccccc1/C=c1\sc2n(c1=O)[C@@H](c1c(OC)ccc3ccccc13)C(C(=O)OCC)=C(C)N=2. The molecule has 7 nitrogen and oxygen atoms in total. The number of hydrogen-bond acceptors (Lipinski definition) is 7. The van der Waals surface area contributed by atoms with Gasteiger partial charge in [-0.05, 0) is 42.8 Å². The molecule has 1 aliphatic heterocycles. The highest BCUT2D eigenvalue weighted by atomic mass is 32.1. The monoisotopic (exact) mass is 540 g/mol. The number of para-hydroxylation sites is 1. The van der Waals surface area contributed by atoms with Crippen LogP contribution in [0.4, 0.5) is 0 Å². The first kappa shape index (κ1) is 26.2. The fourth-order valence-corrected chi connectivity index (χ4v) is 5.86. The molecule has 5 rings (SSSR count). The fourth-order valence-electron chi connectivity index (χ4n) is 4.82. The van der Waals surface area contributed by atoms with Crippen molar-refractivity contribution in [2.75, 3.05) is 20.3 Å². The number of carbonyl (C=O) groups excluding carboxylic acids is 1. The molecule has 0 unspecified atom stereocenters. The van der Waals surface area contributed by atoms with Gasteiger partial charge in [0.15, 0.2) is 4.80 Å². The minimum Gasteiger partial charge on any atom is -0.496 e. The number of benzene rings is 3. The van der Waals surface area contributed by atoms with E-state index >= 15 is 0 Å². The molecule has 8 heteroatoms. The Morgan fingerprint density at radius 3 is 2.64 bits per heavy atom. The van der Waals surface area contributed by atoms with Crippen LogP contribution in [0, 0.1) is 0 Å². The average molecular weight is 541 g/mol. The second kappa shape index (κ2) is 11.1. The number of esters is 1. The van der Waals surface area contributed by atoms with E-state index in [0.29, 0.717) is 44.3 Å². The van der Waals surface area contributed by atoms with Crippen LogP contribution in [0.3, 0.4) is 0 Å². The van der Waals surface area contributed by atoms with Gasteiger partial charge in [-0.15, -0.1) is 0 Å². The lowest BCUT2D eigenvalue weighted by molar-refractivity contribution is -0.139. The quantitative estimate of drug-likeness (QED) is 0.243. The van der Waals surface area contributed by atoms with E-state index in [1.54, 1.807) is 37.7 Å². The van der Waals surface area contributed by atoms with Gasteiger partial charge in [0.05, 0.1) is 29.5 Å². The number of thiazole rings is 1. The highest BCUT2D eigenvalue weighted by molar-refractivity contribution is 7.07. The van der Waals surface area contributed by atoms with Crippen LogP contribution < -0.4 is 24.4 Å². The van der Waals surface area contributed by atoms with Crippen molar-refractivity contribution in [1.82, 2.24) is 4.57 Å². The molecule has 39 heavy (non-hydrogen) atoms. The lowest BCUT2D eigenvalue weighted by Gasteiger charge is -2.27. The molecule has 0 saturated carbocycles. The van der Waals surface area contributed by atoms with Crippen molar-refractivity contribution < 1.29 is 19.0 Å². The van der Waals surface area contributed by atoms with Gasteiger partial charge in [0, 0.05) is 11.1 Å². The van der Waals surface area contributed by atoms with Gasteiger partial charge in [0.2, 0.25) is 0 Å². The molecule has 198 valence electrons. The summed E-state index contributed by atoms with van der Waals surface area (Å²) in [5.41, 5.74) is 1.99. The van der Waals surface area contributed by atoms with Gasteiger partial charge in [-0.25, -0.2) is 9.79 Å². The predicted octanol–water partition coefficient (Wildman–Crippen LogP) is 4.52. The van der Waals surface area contributed by atoms with Crippen LogP contribution in [0.1, 0.15) is 31.0 Å². The maximum Gasteiger partial charge on any atom is 0.338 e. The van der Waals surface area contributed by atoms with E-state index in [4.69, 9.17) is 19.2 Å². The molecular weight excluding hydrogens is 512 g/mol. The third-order valence-corrected chi connectivity index (χ3v) is 7.49. The van der Waals surface area contributed by atoms with Crippen LogP contribution >= 0.6 is 11.3 Å². The average Bonchev–Trinajstić information content (AvgIpc) is 3.25. The van der Waals surface area contributed by atoms with Crippen LogP contribution in [0.25, 0.3) is 16.8 Å². The third-order valence-electron chi connectivity index (χ3n) is 6.50. The van der Waals surface area contributed by atoms with Crippen molar-refractivity contribution in [2.24, 2.45) is 4.99 Å². The molecule has 0 amide bonds. The molecule has 3 aromatic carbocycles. The van der Waals surface area contributed by atoms with Gasteiger partial charge < -0.3 is 14.2 Å². The summed E-state index contributed by atoms with van der Waals surface area (Å²) in [5, 5.41) is 1.83. The Hall–Kier alpha value is -4.43. The summed E-state index contributed by atoms with van der Waals surface area (Å²) >= 11 is 1.26. The maximum atomic E-state index is 14.1. The number of fused-ring (bicyclic) bond motifs is 2. The summed E-state index contributed by atoms with van der Waals surface area (Å²) in [6.07, 6.45) is 3.46. The zero-order valence-electron chi connectivity index (χ0n) is 22.0. The van der Waals surface area contributed by atoms with E-state index in [0.717, 1.165) is 16.3 Å². The van der Waals surface area contributed by atoms with Crippen LogP contribution in [0.2, 0.25) is 0 Å². The molecule has 1 aliphatic rings.